The summed E-state index contributed by atoms with van der Waals surface area (Å²) < 4.78 is 0. The summed E-state index contributed by atoms with van der Waals surface area (Å²) in [4.78, 5) is 41.0. The minimum absolute atomic E-state index is 0.0625. The van der Waals surface area contributed by atoms with Gasteiger partial charge in [-0.1, -0.05) is 26.0 Å². The molecular weight excluding hydrogens is 446 g/mol. The first-order valence-corrected chi connectivity index (χ1v) is 12.6. The zero-order valence-corrected chi connectivity index (χ0v) is 20.6. The fourth-order valence-corrected chi connectivity index (χ4v) is 5.26. The first-order chi connectivity index (χ1) is 16.4. The first-order valence-electron chi connectivity index (χ1n) is 11.8. The normalized spacial score (nSPS) is 17.5. The van der Waals surface area contributed by atoms with Gasteiger partial charge in [-0.25, -0.2) is 4.98 Å². The fraction of sp³-hybridized carbons (Fsp3) is 0.423. The Kier molecular flexibility index (Phi) is 7.67. The largest absolute Gasteiger partial charge is 0.350 e. The average molecular weight is 478 g/mol. The number of piperidine rings is 1. The third kappa shape index (κ3) is 5.86. The van der Waals surface area contributed by atoms with Crippen LogP contribution in [-0.4, -0.2) is 44.3 Å². The number of nitrogens with one attached hydrogen (secondary N) is 1. The number of unbranched alkanes of at least 4 members (excludes halogenated alkanes) is 1. The Balaban J connectivity index is 1.33. The van der Waals surface area contributed by atoms with E-state index < -0.39 is 6.04 Å². The zero-order chi connectivity index (χ0) is 24.0. The molecule has 4 heterocycles. The average Bonchev–Trinajstić information content (AvgIpc) is 3.32. The smallest absolute Gasteiger partial charge is 0.243 e. The maximum Gasteiger partial charge on any atom is 0.243 e. The number of hydrogen-bond donors (Lipinski definition) is 1. The second kappa shape index (κ2) is 10.9. The van der Waals surface area contributed by atoms with Gasteiger partial charge in [0.15, 0.2) is 0 Å². The molecule has 1 aliphatic heterocycles. The van der Waals surface area contributed by atoms with E-state index in [4.69, 9.17) is 4.98 Å². The van der Waals surface area contributed by atoms with Crippen molar-refractivity contribution in [2.24, 2.45) is 5.41 Å². The molecule has 0 radical (unpaired) electrons. The summed E-state index contributed by atoms with van der Waals surface area (Å²) in [6, 6.07) is 9.13. The quantitative estimate of drug-likeness (QED) is 0.465. The van der Waals surface area contributed by atoms with Crippen LogP contribution in [0.1, 0.15) is 50.1 Å². The van der Waals surface area contributed by atoms with Gasteiger partial charge in [0.2, 0.25) is 11.8 Å². The monoisotopic (exact) mass is 477 g/mol. The maximum absolute atomic E-state index is 13.2. The summed E-state index contributed by atoms with van der Waals surface area (Å²) in [7, 11) is 0. The lowest BCUT2D eigenvalue weighted by atomic mass is 9.75. The van der Waals surface area contributed by atoms with Gasteiger partial charge in [-0.2, -0.15) is 0 Å². The summed E-state index contributed by atoms with van der Waals surface area (Å²) in [5, 5.41) is 6.13. The molecule has 1 aliphatic rings. The Labute approximate surface area is 204 Å². The van der Waals surface area contributed by atoms with E-state index in [0.717, 1.165) is 41.2 Å². The summed E-state index contributed by atoms with van der Waals surface area (Å²) in [5.41, 5.74) is 2.45. The predicted octanol–water partition coefficient (Wildman–Crippen LogP) is 4.26. The Hall–Kier alpha value is -3.13. The van der Waals surface area contributed by atoms with E-state index in [2.05, 4.69) is 29.1 Å². The minimum atomic E-state index is -0.471. The summed E-state index contributed by atoms with van der Waals surface area (Å²) >= 11 is 1.64. The second-order valence-corrected chi connectivity index (χ2v) is 10.3. The maximum atomic E-state index is 13.2. The van der Waals surface area contributed by atoms with E-state index >= 15 is 0 Å². The Morgan fingerprint density at radius 1 is 1.18 bits per heavy atom. The Bertz CT molecular complexity index is 1100. The number of carbonyl (C=O) groups is 2. The molecule has 0 saturated carbocycles. The molecule has 34 heavy (non-hydrogen) atoms. The van der Waals surface area contributed by atoms with Crippen molar-refractivity contribution in [2.45, 2.75) is 58.5 Å². The van der Waals surface area contributed by atoms with Gasteiger partial charge in [-0.15, -0.1) is 11.3 Å². The third-order valence-electron chi connectivity index (χ3n) is 6.31. The van der Waals surface area contributed by atoms with E-state index in [1.54, 1.807) is 34.8 Å². The number of hydrogen-bond acceptors (Lipinski definition) is 6. The van der Waals surface area contributed by atoms with E-state index in [9.17, 15) is 9.59 Å². The van der Waals surface area contributed by atoms with Gasteiger partial charge < -0.3 is 10.2 Å². The van der Waals surface area contributed by atoms with Crippen molar-refractivity contribution >= 4 is 23.2 Å². The van der Waals surface area contributed by atoms with Crippen molar-refractivity contribution in [3.8, 4) is 11.4 Å². The highest BCUT2D eigenvalue weighted by molar-refractivity contribution is 7.09. The minimum Gasteiger partial charge on any atom is -0.350 e. The first kappa shape index (κ1) is 24.0. The molecule has 4 rings (SSSR count). The van der Waals surface area contributed by atoms with Crippen molar-refractivity contribution in [3.05, 3.63) is 64.9 Å². The molecule has 1 saturated heterocycles. The SMILES string of the molecule is CC1(C)CCC(=O)N(CCCCc2nc(-c3ccccn3)cs2)C1C(=O)NCc1cccnc1. The topological polar surface area (TPSA) is 88.1 Å². The summed E-state index contributed by atoms with van der Waals surface area (Å²) in [5.74, 6) is -0.0330. The van der Waals surface area contributed by atoms with Gasteiger partial charge in [0.25, 0.3) is 0 Å². The number of thiazole rings is 1. The van der Waals surface area contributed by atoms with Crippen LogP contribution >= 0.6 is 11.3 Å². The van der Waals surface area contributed by atoms with Crippen molar-refractivity contribution in [1.29, 1.82) is 0 Å². The highest BCUT2D eigenvalue weighted by Crippen LogP contribution is 2.36. The van der Waals surface area contributed by atoms with Gasteiger partial charge in [-0.3, -0.25) is 19.6 Å². The van der Waals surface area contributed by atoms with Crippen LogP contribution in [0.25, 0.3) is 11.4 Å². The number of aromatic nitrogens is 3. The molecule has 0 bridgehead atoms. The van der Waals surface area contributed by atoms with Crippen LogP contribution in [0.2, 0.25) is 0 Å². The number of amides is 2. The molecule has 1 atom stereocenters. The fourth-order valence-electron chi connectivity index (χ4n) is 4.43. The van der Waals surface area contributed by atoms with E-state index in [1.165, 1.54) is 0 Å². The van der Waals surface area contributed by atoms with Gasteiger partial charge in [0, 0.05) is 43.5 Å². The van der Waals surface area contributed by atoms with Crippen LogP contribution in [0.3, 0.4) is 0 Å². The molecule has 3 aromatic heterocycles. The van der Waals surface area contributed by atoms with Crippen LogP contribution in [-0.2, 0) is 22.6 Å². The molecule has 178 valence electrons. The van der Waals surface area contributed by atoms with Crippen LogP contribution in [0.5, 0.6) is 0 Å². The predicted molar refractivity (Wildman–Crippen MR) is 133 cm³/mol. The van der Waals surface area contributed by atoms with E-state index in [1.807, 2.05) is 35.7 Å². The van der Waals surface area contributed by atoms with Crippen molar-refractivity contribution < 1.29 is 9.59 Å². The number of likely N-dealkylation sites (tertiary alicyclic amines) is 1. The highest BCUT2D eigenvalue weighted by Gasteiger charge is 2.45. The number of rotatable bonds is 9. The van der Waals surface area contributed by atoms with Gasteiger partial charge in [0.05, 0.1) is 16.4 Å². The Morgan fingerprint density at radius 3 is 2.82 bits per heavy atom. The lowest BCUT2D eigenvalue weighted by molar-refractivity contribution is -0.151. The summed E-state index contributed by atoms with van der Waals surface area (Å²) in [6.45, 7) is 5.14. The van der Waals surface area contributed by atoms with Crippen molar-refractivity contribution in [2.75, 3.05) is 6.54 Å². The van der Waals surface area contributed by atoms with E-state index in [0.29, 0.717) is 25.9 Å². The standard InChI is InChI=1S/C26H31N5O2S/c1-26(2)12-11-23(32)31(24(26)25(33)29-17-19-8-7-13-27-16-19)15-6-4-10-22-30-21(18-34-22)20-9-3-5-14-28-20/h3,5,7-9,13-14,16,18,24H,4,6,10-12,15,17H2,1-2H3,(H,29,33). The number of aryl methyl sites for hydroxylation is 1. The number of pyridine rings is 2. The Morgan fingerprint density at radius 2 is 2.06 bits per heavy atom. The molecule has 7 nitrogen and oxygen atoms in total. The lowest BCUT2D eigenvalue weighted by Crippen LogP contribution is -2.59. The van der Waals surface area contributed by atoms with Crippen LogP contribution in [0, 0.1) is 5.41 Å². The number of carbonyl (C=O) groups excluding carboxylic acids is 2. The highest BCUT2D eigenvalue weighted by atomic mass is 32.1. The van der Waals surface area contributed by atoms with E-state index in [-0.39, 0.29) is 17.2 Å². The zero-order valence-electron chi connectivity index (χ0n) is 19.7. The van der Waals surface area contributed by atoms with Crippen LogP contribution in [0.15, 0.2) is 54.3 Å². The van der Waals surface area contributed by atoms with Crippen LogP contribution < -0.4 is 5.32 Å². The molecule has 0 aliphatic carbocycles. The molecule has 0 aromatic carbocycles. The van der Waals surface area contributed by atoms with Gasteiger partial charge in [-0.05, 0) is 54.9 Å². The van der Waals surface area contributed by atoms with Crippen molar-refractivity contribution in [1.82, 2.24) is 25.2 Å². The number of nitrogens with zero attached hydrogens (tertiary/aromatic N) is 4. The molecule has 0 spiro atoms. The van der Waals surface area contributed by atoms with Crippen molar-refractivity contribution in [3.63, 3.8) is 0 Å². The second-order valence-electron chi connectivity index (χ2n) is 9.36. The molecule has 2 amide bonds. The third-order valence-corrected chi connectivity index (χ3v) is 7.22. The molecule has 1 unspecified atom stereocenters. The molecule has 3 aromatic rings. The molecule has 1 N–H and O–H groups in total. The summed E-state index contributed by atoms with van der Waals surface area (Å²) in [6.07, 6.45) is 9.00. The molecule has 8 heteroatoms. The van der Waals surface area contributed by atoms with Gasteiger partial charge in [0.1, 0.15) is 6.04 Å². The van der Waals surface area contributed by atoms with Gasteiger partial charge >= 0.3 is 0 Å². The van der Waals surface area contributed by atoms with Crippen LogP contribution in [0.4, 0.5) is 0 Å². The molecular formula is C26H31N5O2S. The lowest BCUT2D eigenvalue weighted by Gasteiger charge is -2.45. The molecule has 1 fully saturated rings.